The van der Waals surface area contributed by atoms with Gasteiger partial charge in [-0.3, -0.25) is 14.9 Å². The van der Waals surface area contributed by atoms with Crippen molar-refractivity contribution in [1.82, 2.24) is 0 Å². The summed E-state index contributed by atoms with van der Waals surface area (Å²) in [6, 6.07) is 10.7. The minimum absolute atomic E-state index is 0.00513. The number of esters is 1. The van der Waals surface area contributed by atoms with Crippen LogP contribution in [0.2, 0.25) is 0 Å². The summed E-state index contributed by atoms with van der Waals surface area (Å²) in [6.07, 6.45) is -3.87. The molecule has 8 rings (SSSR count). The van der Waals surface area contributed by atoms with Crippen molar-refractivity contribution in [1.29, 1.82) is 0 Å². The quantitative estimate of drug-likeness (QED) is 0.0468. The van der Waals surface area contributed by atoms with E-state index in [1.807, 2.05) is 6.92 Å². The number of aliphatic hydroxyl groups excluding tert-OH is 3. The number of non-ortho nitro benzene ring substituents is 1. The fraction of sp³-hybridized carbons (Fsp3) is 0.679. The topological polar surface area (TPSA) is 249 Å². The number of hydrogen-bond acceptors (Lipinski definition) is 17. The number of carbonyl (C=O) groups is 3. The van der Waals surface area contributed by atoms with E-state index in [1.165, 1.54) is 36.9 Å². The number of allylic oxidation sites excluding steroid dienone is 1. The van der Waals surface area contributed by atoms with Gasteiger partial charge in [0, 0.05) is 35.8 Å². The summed E-state index contributed by atoms with van der Waals surface area (Å²) in [6.45, 7) is 11.4. The van der Waals surface area contributed by atoms with E-state index in [4.69, 9.17) is 37.9 Å². The SMILES string of the molecule is COc1ccc(C(=O)OC2C(OC3C(O)COC(O[C@H]4C[C@H]5[C@@H]6CC=C7C[C@@H](O)CC[C@]7(C)C6CC[C@]5(C)[C@@]4(O)[C@H](C)C(=O)CCC(C)C)C3C)OCC(OC(=O)Oc3ccc([N+](=O)[O-])cc3)C2O)cc1. The first kappa shape index (κ1) is 52.8. The van der Waals surface area contributed by atoms with E-state index < -0.39 is 95.7 Å². The number of aliphatic hydroxyl groups is 4. The molecular formula is C53H71NO17. The number of nitrogens with zero attached hydrogens (tertiary/aromatic N) is 1. The summed E-state index contributed by atoms with van der Waals surface area (Å²) in [4.78, 5) is 51.3. The monoisotopic (exact) mass is 993 g/mol. The lowest BCUT2D eigenvalue weighted by Gasteiger charge is -2.59. The maximum atomic E-state index is 14.2. The standard InChI is InChI=1S/C53H71NO17/c1-28(2)8-19-40(56)30(4)53(61)43(25-39-37-18-11-32-24-34(55)20-22-51(32,5)38(37)21-23-52(39,53)6)69-48-29(3)45(41(57)26-65-48)71-49-46(70-47(59)31-9-14-35(64-7)15-10-31)44(58)42(27-66-49)68-50(60)67-36-16-12-33(13-17-36)54(62)63/h9-17,28-30,34,37-39,41-46,48-49,55,57-58,61H,8,18-27H2,1-7H3/t29?,30-,34+,37-,38?,39+,41?,42?,43+,44?,45?,46?,48?,49?,51+,52+,53-/m1/s1. The third-order valence-corrected chi connectivity index (χ3v) is 17.3. The van der Waals surface area contributed by atoms with Crippen molar-refractivity contribution in [3.8, 4) is 11.5 Å². The highest BCUT2D eigenvalue weighted by molar-refractivity contribution is 5.89. The zero-order valence-electron chi connectivity index (χ0n) is 41.7. The van der Waals surface area contributed by atoms with Gasteiger partial charge in [-0.15, -0.1) is 0 Å². The van der Waals surface area contributed by atoms with E-state index in [-0.39, 0.29) is 58.7 Å². The smallest absolute Gasteiger partial charge is 0.497 e. The summed E-state index contributed by atoms with van der Waals surface area (Å²) in [5.41, 5.74) is -1.18. The molecule has 2 aromatic carbocycles. The largest absolute Gasteiger partial charge is 0.514 e. The average Bonchev–Trinajstić information content (AvgIpc) is 3.57. The predicted octanol–water partition coefficient (Wildman–Crippen LogP) is 6.86. The van der Waals surface area contributed by atoms with Gasteiger partial charge in [0.2, 0.25) is 0 Å². The lowest BCUT2D eigenvalue weighted by atomic mass is 9.46. The molecule has 18 heteroatoms. The molecule has 390 valence electrons. The number of carbonyl (C=O) groups excluding carboxylic acids is 3. The maximum Gasteiger partial charge on any atom is 0.514 e. The zero-order valence-corrected chi connectivity index (χ0v) is 41.7. The van der Waals surface area contributed by atoms with E-state index in [0.717, 1.165) is 37.8 Å². The number of fused-ring (bicyclic) bond motifs is 5. The Morgan fingerprint density at radius 1 is 0.873 bits per heavy atom. The molecule has 0 aromatic heterocycles. The number of nitro benzene ring substituents is 1. The van der Waals surface area contributed by atoms with E-state index in [2.05, 4.69) is 33.8 Å². The van der Waals surface area contributed by atoms with Crippen LogP contribution in [0, 0.1) is 56.5 Å². The van der Waals surface area contributed by atoms with Crippen molar-refractivity contribution in [3.63, 3.8) is 0 Å². The number of Topliss-reactive ketones (excluding diaryl/α,β-unsaturated/α-hetero) is 1. The normalized spacial score (nSPS) is 38.1. The van der Waals surface area contributed by atoms with Gasteiger partial charge in [-0.25, -0.2) is 9.59 Å². The van der Waals surface area contributed by atoms with Crippen LogP contribution in [0.1, 0.15) is 110 Å². The number of hydrogen-bond donors (Lipinski definition) is 4. The molecular weight excluding hydrogens is 923 g/mol. The lowest BCUT2D eigenvalue weighted by Crippen LogP contribution is -2.62. The first-order chi connectivity index (χ1) is 33.7. The van der Waals surface area contributed by atoms with Crippen molar-refractivity contribution < 1.29 is 77.6 Å². The Balaban J connectivity index is 1.03. The van der Waals surface area contributed by atoms with Crippen molar-refractivity contribution in [3.05, 3.63) is 75.9 Å². The molecule has 2 aromatic rings. The minimum atomic E-state index is -1.76. The zero-order chi connectivity index (χ0) is 51.2. The van der Waals surface area contributed by atoms with Gasteiger partial charge in [-0.05, 0) is 117 Å². The molecule has 18 nitrogen and oxygen atoms in total. The van der Waals surface area contributed by atoms with Crippen LogP contribution in [-0.4, -0.2) is 124 Å². The Hall–Kier alpha value is -4.53. The van der Waals surface area contributed by atoms with Gasteiger partial charge < -0.3 is 58.3 Å². The molecule has 2 aliphatic heterocycles. The Labute approximate surface area is 414 Å². The highest BCUT2D eigenvalue weighted by Crippen LogP contribution is 2.69. The molecule has 2 heterocycles. The molecule has 0 amide bonds. The van der Waals surface area contributed by atoms with Gasteiger partial charge in [-0.1, -0.05) is 53.2 Å². The summed E-state index contributed by atoms with van der Waals surface area (Å²) in [5.74, 6) is -1.23. The fourth-order valence-corrected chi connectivity index (χ4v) is 13.0. The second-order valence-electron chi connectivity index (χ2n) is 21.7. The van der Waals surface area contributed by atoms with Crippen LogP contribution < -0.4 is 9.47 Å². The Morgan fingerprint density at radius 3 is 2.24 bits per heavy atom. The first-order valence-electron chi connectivity index (χ1n) is 25.2. The molecule has 0 spiro atoms. The van der Waals surface area contributed by atoms with Crippen LogP contribution in [0.15, 0.2) is 60.2 Å². The Morgan fingerprint density at radius 2 is 1.56 bits per heavy atom. The second kappa shape index (κ2) is 21.1. The predicted molar refractivity (Wildman–Crippen MR) is 253 cm³/mol. The van der Waals surface area contributed by atoms with Crippen molar-refractivity contribution in [2.45, 2.75) is 160 Å². The maximum absolute atomic E-state index is 14.2. The second-order valence-corrected chi connectivity index (χ2v) is 21.7. The van der Waals surface area contributed by atoms with E-state index in [9.17, 15) is 44.9 Å². The summed E-state index contributed by atoms with van der Waals surface area (Å²) in [7, 11) is 1.47. The molecule has 0 bridgehead atoms. The van der Waals surface area contributed by atoms with Gasteiger partial charge in [0.05, 0.1) is 49.1 Å². The van der Waals surface area contributed by atoms with Crippen LogP contribution in [0.25, 0.3) is 0 Å². The molecule has 3 saturated carbocycles. The summed E-state index contributed by atoms with van der Waals surface area (Å²) < 4.78 is 47.4. The van der Waals surface area contributed by atoms with Gasteiger partial charge >= 0.3 is 12.1 Å². The van der Waals surface area contributed by atoms with Crippen LogP contribution in [0.4, 0.5) is 10.5 Å². The van der Waals surface area contributed by atoms with Crippen LogP contribution in [0.5, 0.6) is 11.5 Å². The van der Waals surface area contributed by atoms with Crippen molar-refractivity contribution in [2.75, 3.05) is 20.3 Å². The molecule has 2 saturated heterocycles. The van der Waals surface area contributed by atoms with Crippen LogP contribution in [0.3, 0.4) is 0 Å². The number of nitro groups is 1. The third kappa shape index (κ3) is 10.2. The van der Waals surface area contributed by atoms with Crippen molar-refractivity contribution in [2.24, 2.45) is 46.3 Å². The number of ether oxygens (including phenoxy) is 8. The van der Waals surface area contributed by atoms with E-state index in [0.29, 0.717) is 43.8 Å². The molecule has 4 N–H and O–H groups in total. The number of benzene rings is 2. The number of methoxy groups -OCH3 is 1. The summed E-state index contributed by atoms with van der Waals surface area (Å²) >= 11 is 0. The minimum Gasteiger partial charge on any atom is -0.497 e. The number of ketones is 1. The fourth-order valence-electron chi connectivity index (χ4n) is 13.0. The number of rotatable bonds is 15. The summed E-state index contributed by atoms with van der Waals surface area (Å²) in [5, 5.41) is 58.5. The Kier molecular flexibility index (Phi) is 15.7. The van der Waals surface area contributed by atoms with Crippen LogP contribution >= 0.6 is 0 Å². The molecule has 9 unspecified atom stereocenters. The highest BCUT2D eigenvalue weighted by Gasteiger charge is 2.70. The highest BCUT2D eigenvalue weighted by atomic mass is 16.8. The van der Waals surface area contributed by atoms with Crippen LogP contribution in [-0.2, 0) is 33.2 Å². The van der Waals surface area contributed by atoms with Gasteiger partial charge in [0.1, 0.15) is 35.1 Å². The molecule has 17 atom stereocenters. The average molecular weight is 994 g/mol. The molecule has 0 radical (unpaired) electrons. The van der Waals surface area contributed by atoms with Gasteiger partial charge in [0.25, 0.3) is 5.69 Å². The van der Waals surface area contributed by atoms with Gasteiger partial charge in [-0.2, -0.15) is 0 Å². The third-order valence-electron chi connectivity index (χ3n) is 17.3. The van der Waals surface area contributed by atoms with E-state index in [1.54, 1.807) is 19.1 Å². The molecule has 5 fully saturated rings. The molecule has 71 heavy (non-hydrogen) atoms. The van der Waals surface area contributed by atoms with Gasteiger partial charge in [0.15, 0.2) is 24.8 Å². The van der Waals surface area contributed by atoms with Crippen molar-refractivity contribution >= 4 is 23.6 Å². The first-order valence-corrected chi connectivity index (χ1v) is 25.2. The molecule has 6 aliphatic rings. The molecule has 4 aliphatic carbocycles. The lowest BCUT2D eigenvalue weighted by molar-refractivity contribution is -0.384. The van der Waals surface area contributed by atoms with E-state index >= 15 is 0 Å². The Bertz CT molecular complexity index is 2270.